The van der Waals surface area contributed by atoms with E-state index in [4.69, 9.17) is 0 Å². The average molecular weight is 1940 g/mol. The number of fused-ring (bicyclic) bond motifs is 18. The smallest absolute Gasteiger partial charge is 0.000729 e. The molecular formula is C150H136. The number of rotatable bonds is 10. The molecule has 22 aromatic rings. The van der Waals surface area contributed by atoms with Crippen LogP contribution in [0.3, 0.4) is 0 Å². The van der Waals surface area contributed by atoms with Crippen LogP contribution < -0.4 is 0 Å². The van der Waals surface area contributed by atoms with Crippen molar-refractivity contribution in [1.82, 2.24) is 0 Å². The maximum atomic E-state index is 2.35. The van der Waals surface area contributed by atoms with Gasteiger partial charge in [0.15, 0.2) is 0 Å². The summed E-state index contributed by atoms with van der Waals surface area (Å²) in [5.41, 5.74) is 59.8. The van der Waals surface area contributed by atoms with Gasteiger partial charge in [-0.2, -0.15) is 0 Å². The average Bonchev–Trinajstić information content (AvgIpc) is 1.63. The third-order valence-electron chi connectivity index (χ3n) is 28.4. The molecule has 0 amide bonds. The zero-order valence-electron chi connectivity index (χ0n) is 89.0. The maximum Gasteiger partial charge on any atom is -0.000729 e. The molecule has 0 nitrogen and oxygen atoms in total. The van der Waals surface area contributed by atoms with Crippen molar-refractivity contribution < 1.29 is 0 Å². The van der Waals surface area contributed by atoms with Gasteiger partial charge in [0.2, 0.25) is 0 Å². The van der Waals surface area contributed by atoms with Crippen molar-refractivity contribution in [2.75, 3.05) is 0 Å². The molecular weight excluding hydrogens is 1800 g/mol. The van der Waals surface area contributed by atoms with Crippen LogP contribution in [0.4, 0.5) is 0 Å². The first-order valence-corrected chi connectivity index (χ1v) is 54.4. The van der Waals surface area contributed by atoms with Gasteiger partial charge < -0.3 is 0 Å². The Morgan fingerprint density at radius 2 is 0.233 bits per heavy atom. The summed E-state index contributed by atoms with van der Waals surface area (Å²) in [6.45, 7) is 24.0. The van der Waals surface area contributed by atoms with Crippen LogP contribution >= 0.6 is 0 Å². The molecule has 6 aliphatic rings. The molecule has 0 aliphatic heterocycles. The predicted octanol–water partition coefficient (Wildman–Crippen LogP) is 42.4. The molecule has 0 radical (unpaired) electrons. The van der Waals surface area contributed by atoms with Crippen LogP contribution in [0.1, 0.15) is 150 Å². The first-order valence-electron chi connectivity index (χ1n) is 54.4. The monoisotopic (exact) mass is 1940 g/mol. The maximum absolute atomic E-state index is 2.35. The molecule has 0 heterocycles. The van der Waals surface area contributed by atoms with Crippen LogP contribution in [0.5, 0.6) is 0 Å². The van der Waals surface area contributed by atoms with Crippen molar-refractivity contribution in [2.45, 2.75) is 122 Å². The van der Waals surface area contributed by atoms with Gasteiger partial charge in [-0.15, -0.1) is 0 Å². The van der Waals surface area contributed by atoms with Crippen molar-refractivity contribution in [3.05, 3.63) is 601 Å². The zero-order chi connectivity index (χ0) is 104. The van der Waals surface area contributed by atoms with E-state index in [0.29, 0.717) is 0 Å². The van der Waals surface area contributed by atoms with E-state index in [2.05, 4.69) is 534 Å². The lowest BCUT2D eigenvalue weighted by molar-refractivity contribution is 1.26. The molecule has 28 rings (SSSR count). The fraction of sp³-hybridized carbons (Fsp3) is 0.120. The van der Waals surface area contributed by atoms with E-state index in [1.807, 2.05) is 83.1 Å². The lowest BCUT2D eigenvalue weighted by atomic mass is 9.93. The number of hydrogen-bond acceptors (Lipinski definition) is 0. The molecule has 0 fully saturated rings. The van der Waals surface area contributed by atoms with E-state index in [1.165, 1.54) is 245 Å². The summed E-state index contributed by atoms with van der Waals surface area (Å²) in [6, 6.07) is 192. The predicted molar refractivity (Wildman–Crippen MR) is 651 cm³/mol. The highest BCUT2D eigenvalue weighted by Gasteiger charge is 2.27. The summed E-state index contributed by atoms with van der Waals surface area (Å²) in [5.74, 6) is 0. The van der Waals surface area contributed by atoms with Gasteiger partial charge in [0, 0.05) is 0 Å². The molecule has 0 spiro atoms. The van der Waals surface area contributed by atoms with Crippen molar-refractivity contribution in [1.29, 1.82) is 0 Å². The van der Waals surface area contributed by atoms with Gasteiger partial charge in [-0.05, 0) is 314 Å². The number of benzene rings is 22. The lowest BCUT2D eigenvalue weighted by Crippen LogP contribution is -1.88. The molecule has 0 N–H and O–H groups in total. The highest BCUT2D eigenvalue weighted by Crippen LogP contribution is 2.48. The van der Waals surface area contributed by atoms with Crippen LogP contribution in [0.2, 0.25) is 0 Å². The molecule has 736 valence electrons. The minimum absolute atomic E-state index is 1.03. The minimum Gasteiger partial charge on any atom is -0.0683 e. The van der Waals surface area contributed by atoms with Crippen molar-refractivity contribution in [3.63, 3.8) is 0 Å². The molecule has 0 bridgehead atoms. The van der Waals surface area contributed by atoms with E-state index in [-0.39, 0.29) is 0 Å². The second-order valence-corrected chi connectivity index (χ2v) is 36.6. The topological polar surface area (TPSA) is 0 Å². The van der Waals surface area contributed by atoms with E-state index in [1.54, 1.807) is 0 Å². The summed E-state index contributed by atoms with van der Waals surface area (Å²) < 4.78 is 0. The SMILES string of the molecule is CC.CC.CC.CC.CC.CC.c1ccc(-c2ccc(-c3ccc4c(c3)-c3ccccc3C4)cc2)cc1.c1ccc(-c2ccc(-c3cccc4c3Cc3ccccc3-4)cc2)cc1.c1ccc(-c2ccc3c(c2)-c2ccccc2C3)cc1.c1ccc(-c2cccc(-c3ccc4c(c3)-c3ccccc3C4)c2)cc1.c1ccc(-c2cccc(-c3cccc4c3Cc3ccccc3-4)c2)cc1.c1ccc(-c2cccc3c2Cc2ccccc2-3)cc1. The zero-order valence-corrected chi connectivity index (χ0v) is 89.0. The van der Waals surface area contributed by atoms with Gasteiger partial charge in [-0.25, -0.2) is 0 Å². The molecule has 0 saturated heterocycles. The Morgan fingerprint density at radius 3 is 0.527 bits per heavy atom. The van der Waals surface area contributed by atoms with E-state index < -0.39 is 0 Å². The second-order valence-electron chi connectivity index (χ2n) is 36.6. The van der Waals surface area contributed by atoms with Gasteiger partial charge in [-0.1, -0.05) is 587 Å². The van der Waals surface area contributed by atoms with E-state index in [9.17, 15) is 0 Å². The summed E-state index contributed by atoms with van der Waals surface area (Å²) in [4.78, 5) is 0. The summed E-state index contributed by atoms with van der Waals surface area (Å²) in [5, 5.41) is 0. The Hall–Kier alpha value is -17.2. The van der Waals surface area contributed by atoms with Crippen LogP contribution in [0, 0.1) is 0 Å². The Kier molecular flexibility index (Phi) is 36.0. The van der Waals surface area contributed by atoms with Gasteiger partial charge in [-0.3, -0.25) is 0 Å². The highest BCUT2D eigenvalue weighted by molar-refractivity contribution is 5.91. The number of hydrogen-bond donors (Lipinski definition) is 0. The van der Waals surface area contributed by atoms with Gasteiger partial charge in [0.1, 0.15) is 0 Å². The minimum atomic E-state index is 1.03. The van der Waals surface area contributed by atoms with Gasteiger partial charge in [0.05, 0.1) is 0 Å². The van der Waals surface area contributed by atoms with Crippen molar-refractivity contribution in [2.24, 2.45) is 0 Å². The van der Waals surface area contributed by atoms with Crippen LogP contribution in [0.15, 0.2) is 534 Å². The molecule has 0 heteroatoms. The Labute approximate surface area is 893 Å². The molecule has 0 aromatic heterocycles. The van der Waals surface area contributed by atoms with E-state index in [0.717, 1.165) is 38.5 Å². The summed E-state index contributed by atoms with van der Waals surface area (Å²) >= 11 is 0. The van der Waals surface area contributed by atoms with Gasteiger partial charge >= 0.3 is 0 Å². The Balaban J connectivity index is 0.000000120. The molecule has 0 unspecified atom stereocenters. The fourth-order valence-corrected chi connectivity index (χ4v) is 21.4. The quantitative estimate of drug-likeness (QED) is 0.128. The first kappa shape index (κ1) is 104. The van der Waals surface area contributed by atoms with Crippen LogP contribution in [-0.2, 0) is 38.5 Å². The molecule has 150 heavy (non-hydrogen) atoms. The third kappa shape index (κ3) is 23.6. The standard InChI is InChI=1S/4C25H18.2C19H14.6C2H6/c1-2-8-18(9-3-1)19-11-6-12-20(16-19)23-14-7-15-24-22-13-5-4-10-21(22)17-25(23)24;1-2-7-18(8-3-1)19-10-6-11-20(15-19)21-13-14-23-16-22-9-4-5-12-24(22)25(23)17-21;1-2-7-18(8-3-1)19-13-15-20(16-14-19)22-11-6-12-24-23-10-5-4-9-21(23)17-25(22)24;1-2-6-18(7-3-1)19-10-12-20(13-11-19)21-14-15-23-16-22-8-4-5-9-24(22)25(23)17-21;1-2-7-14(8-3-1)16-11-6-12-18-17-10-5-4-9-15(17)13-19(16)18;1-2-6-14(7-3-1)15-10-11-17-12-16-8-4-5-9-18(16)19(17)13-15;6*1-2/h1-16H,17H2;1-15,17H,16H2;1-16H,17H2;1-15,17H,16H2;1-12H,13H2;1-11,13H,12H2;6*1-2H3. The third-order valence-corrected chi connectivity index (χ3v) is 28.4. The largest absolute Gasteiger partial charge is 0.0683 e. The molecule has 22 aromatic carbocycles. The van der Waals surface area contributed by atoms with Crippen molar-refractivity contribution >= 4 is 0 Å². The highest BCUT2D eigenvalue weighted by atomic mass is 14.3. The van der Waals surface area contributed by atoms with Crippen molar-refractivity contribution in [3.8, 4) is 178 Å². The van der Waals surface area contributed by atoms with Gasteiger partial charge in [0.25, 0.3) is 0 Å². The summed E-state index contributed by atoms with van der Waals surface area (Å²) in [6.07, 6.45) is 6.28. The molecule has 6 aliphatic carbocycles. The van der Waals surface area contributed by atoms with Crippen LogP contribution in [0.25, 0.3) is 178 Å². The van der Waals surface area contributed by atoms with E-state index >= 15 is 0 Å². The molecule has 0 atom stereocenters. The Morgan fingerprint density at radius 1 is 0.0867 bits per heavy atom. The second kappa shape index (κ2) is 51.7. The van der Waals surface area contributed by atoms with Crippen LogP contribution in [-0.4, -0.2) is 0 Å². The fourth-order valence-electron chi connectivity index (χ4n) is 21.4. The normalized spacial score (nSPS) is 11.2. The first-order chi connectivity index (χ1) is 74.4. The Bertz CT molecular complexity index is 8140. The lowest BCUT2D eigenvalue weighted by Gasteiger charge is -2.11. The summed E-state index contributed by atoms with van der Waals surface area (Å²) in [7, 11) is 0. The molecule has 0 saturated carbocycles.